The molecule has 4 nitrogen and oxygen atoms in total. The quantitative estimate of drug-likeness (QED) is 0.807. The normalized spacial score (nSPS) is 18.0. The molecular weight excluding hydrogens is 290 g/mol. The van der Waals surface area contributed by atoms with Crippen LogP contribution in [0.1, 0.15) is 23.2 Å². The van der Waals surface area contributed by atoms with Gasteiger partial charge in [0.05, 0.1) is 6.10 Å². The molecule has 1 fully saturated rings. The van der Waals surface area contributed by atoms with Crippen LogP contribution in [0.25, 0.3) is 0 Å². The first-order chi connectivity index (χ1) is 10.5. The van der Waals surface area contributed by atoms with Crippen LogP contribution in [0.4, 0.5) is 8.78 Å². The highest BCUT2D eigenvalue weighted by Gasteiger charge is 2.24. The van der Waals surface area contributed by atoms with E-state index in [1.54, 1.807) is 4.90 Å². The van der Waals surface area contributed by atoms with E-state index in [1.807, 2.05) is 19.0 Å². The van der Waals surface area contributed by atoms with Crippen LogP contribution in [-0.2, 0) is 4.74 Å². The Kier molecular flexibility index (Phi) is 5.85. The van der Waals surface area contributed by atoms with Crippen molar-refractivity contribution in [3.63, 3.8) is 0 Å². The van der Waals surface area contributed by atoms with Gasteiger partial charge in [0, 0.05) is 37.9 Å². The van der Waals surface area contributed by atoms with Gasteiger partial charge in [0.15, 0.2) is 0 Å². The van der Waals surface area contributed by atoms with Gasteiger partial charge >= 0.3 is 0 Å². The molecule has 2 rings (SSSR count). The lowest BCUT2D eigenvalue weighted by Gasteiger charge is -2.27. The summed E-state index contributed by atoms with van der Waals surface area (Å²) in [5, 5.41) is 0. The summed E-state index contributed by atoms with van der Waals surface area (Å²) in [7, 11) is 3.83. The smallest absolute Gasteiger partial charge is 0.254 e. The minimum absolute atomic E-state index is 0.00418. The second kappa shape index (κ2) is 7.65. The van der Waals surface area contributed by atoms with E-state index < -0.39 is 11.6 Å². The first-order valence-corrected chi connectivity index (χ1v) is 7.47. The van der Waals surface area contributed by atoms with Crippen molar-refractivity contribution >= 4 is 5.91 Å². The topological polar surface area (TPSA) is 32.8 Å². The van der Waals surface area contributed by atoms with Crippen LogP contribution < -0.4 is 0 Å². The lowest BCUT2D eigenvalue weighted by Crippen LogP contribution is -2.41. The van der Waals surface area contributed by atoms with Gasteiger partial charge in [-0.05, 0) is 39.1 Å². The molecule has 1 saturated heterocycles. The Morgan fingerprint density at radius 2 is 1.91 bits per heavy atom. The van der Waals surface area contributed by atoms with E-state index in [1.165, 1.54) is 0 Å². The highest BCUT2D eigenvalue weighted by Crippen LogP contribution is 2.16. The van der Waals surface area contributed by atoms with Gasteiger partial charge in [-0.3, -0.25) is 4.79 Å². The first kappa shape index (κ1) is 16.8. The molecule has 0 unspecified atom stereocenters. The Morgan fingerprint density at radius 1 is 1.23 bits per heavy atom. The largest absolute Gasteiger partial charge is 0.376 e. The van der Waals surface area contributed by atoms with Gasteiger partial charge in [-0.2, -0.15) is 0 Å². The van der Waals surface area contributed by atoms with Gasteiger partial charge < -0.3 is 14.5 Å². The van der Waals surface area contributed by atoms with Gasteiger partial charge in [0.25, 0.3) is 5.91 Å². The average molecular weight is 312 g/mol. The molecule has 1 aliphatic rings. The molecule has 0 N–H and O–H groups in total. The van der Waals surface area contributed by atoms with Gasteiger partial charge in [0.2, 0.25) is 0 Å². The lowest BCUT2D eigenvalue weighted by atomic mass is 10.1. The van der Waals surface area contributed by atoms with Crippen molar-refractivity contribution in [1.29, 1.82) is 0 Å². The standard InChI is InChI=1S/C16H22F2N2O2/c1-19(2)5-6-20(11-15-4-3-7-22-15)16(21)12-8-13(17)10-14(18)9-12/h8-10,15H,3-7,11H2,1-2H3/t15-/m0/s1. The van der Waals surface area contributed by atoms with Gasteiger partial charge in [0.1, 0.15) is 11.6 Å². The van der Waals surface area contributed by atoms with E-state index in [-0.39, 0.29) is 17.6 Å². The molecule has 0 spiro atoms. The zero-order valence-electron chi connectivity index (χ0n) is 13.0. The van der Waals surface area contributed by atoms with Crippen molar-refractivity contribution in [2.45, 2.75) is 18.9 Å². The maximum Gasteiger partial charge on any atom is 0.254 e. The second-order valence-electron chi connectivity index (χ2n) is 5.85. The first-order valence-electron chi connectivity index (χ1n) is 7.47. The number of hydrogen-bond donors (Lipinski definition) is 0. The van der Waals surface area contributed by atoms with E-state index in [4.69, 9.17) is 4.74 Å². The molecule has 1 heterocycles. The molecule has 22 heavy (non-hydrogen) atoms. The summed E-state index contributed by atoms with van der Waals surface area (Å²) in [4.78, 5) is 16.1. The van der Waals surface area contributed by atoms with Gasteiger partial charge in [-0.1, -0.05) is 0 Å². The van der Waals surface area contributed by atoms with Gasteiger partial charge in [-0.15, -0.1) is 0 Å². The highest BCUT2D eigenvalue weighted by atomic mass is 19.1. The molecule has 1 atom stereocenters. The van der Waals surface area contributed by atoms with Crippen LogP contribution in [0, 0.1) is 11.6 Å². The Bertz CT molecular complexity index is 497. The number of carbonyl (C=O) groups is 1. The number of rotatable bonds is 6. The van der Waals surface area contributed by atoms with Crippen molar-refractivity contribution in [3.8, 4) is 0 Å². The summed E-state index contributed by atoms with van der Waals surface area (Å²) in [5.41, 5.74) is 0.0363. The molecule has 0 aromatic heterocycles. The SMILES string of the molecule is CN(C)CCN(C[C@@H]1CCCO1)C(=O)c1cc(F)cc(F)c1. The fraction of sp³-hybridized carbons (Fsp3) is 0.562. The summed E-state index contributed by atoms with van der Waals surface area (Å²) >= 11 is 0. The van der Waals surface area contributed by atoms with Crippen molar-refractivity contribution < 1.29 is 18.3 Å². The molecule has 0 saturated carbocycles. The van der Waals surface area contributed by atoms with Crippen molar-refractivity contribution in [2.24, 2.45) is 0 Å². The maximum absolute atomic E-state index is 13.3. The zero-order valence-corrected chi connectivity index (χ0v) is 13.0. The molecule has 1 aromatic rings. The average Bonchev–Trinajstić information content (AvgIpc) is 2.94. The predicted molar refractivity (Wildman–Crippen MR) is 79.8 cm³/mol. The Labute approximate surface area is 129 Å². The van der Waals surface area contributed by atoms with Crippen LogP contribution in [0.15, 0.2) is 18.2 Å². The van der Waals surface area contributed by atoms with Crippen LogP contribution in [0.3, 0.4) is 0 Å². The van der Waals surface area contributed by atoms with Crippen LogP contribution in [0.5, 0.6) is 0 Å². The van der Waals surface area contributed by atoms with Crippen molar-refractivity contribution in [3.05, 3.63) is 35.4 Å². The molecule has 122 valence electrons. The minimum atomic E-state index is -0.743. The monoisotopic (exact) mass is 312 g/mol. The molecule has 0 aliphatic carbocycles. The van der Waals surface area contributed by atoms with E-state index in [9.17, 15) is 13.6 Å². The molecule has 1 amide bonds. The summed E-state index contributed by atoms with van der Waals surface area (Å²) in [6.45, 7) is 2.32. The lowest BCUT2D eigenvalue weighted by molar-refractivity contribution is 0.0511. The number of nitrogens with zero attached hydrogens (tertiary/aromatic N) is 2. The molecule has 1 aromatic carbocycles. The number of amides is 1. The van der Waals surface area contributed by atoms with E-state index in [0.717, 1.165) is 31.0 Å². The Hall–Kier alpha value is -1.53. The maximum atomic E-state index is 13.3. The molecular formula is C16H22F2N2O2. The fourth-order valence-electron chi connectivity index (χ4n) is 2.49. The third kappa shape index (κ3) is 4.74. The zero-order chi connectivity index (χ0) is 16.1. The Morgan fingerprint density at radius 3 is 2.45 bits per heavy atom. The number of benzene rings is 1. The number of ether oxygens (including phenoxy) is 1. The van der Waals surface area contributed by atoms with E-state index >= 15 is 0 Å². The van der Waals surface area contributed by atoms with Gasteiger partial charge in [-0.25, -0.2) is 8.78 Å². The fourth-order valence-corrected chi connectivity index (χ4v) is 2.49. The minimum Gasteiger partial charge on any atom is -0.376 e. The highest BCUT2D eigenvalue weighted by molar-refractivity contribution is 5.94. The Balaban J connectivity index is 2.12. The predicted octanol–water partition coefficient (Wildman–Crippen LogP) is 2.15. The molecule has 1 aliphatic heterocycles. The van der Waals surface area contributed by atoms with Crippen molar-refractivity contribution in [1.82, 2.24) is 9.80 Å². The summed E-state index contributed by atoms with van der Waals surface area (Å²) in [5.74, 6) is -1.85. The molecule has 0 radical (unpaired) electrons. The third-order valence-corrected chi connectivity index (χ3v) is 3.66. The summed E-state index contributed by atoms with van der Waals surface area (Å²) in [6, 6.07) is 2.91. The molecule has 6 heteroatoms. The van der Waals surface area contributed by atoms with Crippen LogP contribution in [-0.4, -0.2) is 62.1 Å². The summed E-state index contributed by atoms with van der Waals surface area (Å²) in [6.07, 6.45) is 1.89. The molecule has 0 bridgehead atoms. The number of likely N-dealkylation sites (N-methyl/N-ethyl adjacent to an activating group) is 1. The third-order valence-electron chi connectivity index (χ3n) is 3.66. The summed E-state index contributed by atoms with van der Waals surface area (Å²) < 4.78 is 32.2. The van der Waals surface area contributed by atoms with E-state index in [2.05, 4.69) is 0 Å². The number of halogens is 2. The second-order valence-corrected chi connectivity index (χ2v) is 5.85. The van der Waals surface area contributed by atoms with Crippen LogP contribution in [0.2, 0.25) is 0 Å². The number of carbonyl (C=O) groups excluding carboxylic acids is 1. The van der Waals surface area contributed by atoms with Crippen LogP contribution >= 0.6 is 0 Å². The van der Waals surface area contributed by atoms with E-state index in [0.29, 0.717) is 26.2 Å². The van der Waals surface area contributed by atoms with Crippen molar-refractivity contribution in [2.75, 3.05) is 40.3 Å². The number of hydrogen-bond acceptors (Lipinski definition) is 3.